The Bertz CT molecular complexity index is 1270. The number of nitrogens with one attached hydrogen (secondary N) is 2. The summed E-state index contributed by atoms with van der Waals surface area (Å²) >= 11 is 6.14. The van der Waals surface area contributed by atoms with Crippen LogP contribution in [0.15, 0.2) is 65.6 Å². The highest BCUT2D eigenvalue weighted by Gasteiger charge is 2.19. The molecule has 0 saturated carbocycles. The summed E-state index contributed by atoms with van der Waals surface area (Å²) in [5.41, 5.74) is 1.47. The van der Waals surface area contributed by atoms with Crippen molar-refractivity contribution in [3.63, 3.8) is 0 Å². The van der Waals surface area contributed by atoms with Crippen molar-refractivity contribution in [1.82, 2.24) is 0 Å². The molecule has 0 unspecified atom stereocenters. The Morgan fingerprint density at radius 3 is 2.35 bits per heavy atom. The van der Waals surface area contributed by atoms with Crippen LogP contribution in [0.1, 0.15) is 21.5 Å². The molecular weight excluding hydrogens is 442 g/mol. The Hall–Kier alpha value is -3.43. The van der Waals surface area contributed by atoms with Gasteiger partial charge in [-0.1, -0.05) is 35.4 Å². The molecule has 1 amide bonds. The molecule has 160 valence electrons. The first kappa shape index (κ1) is 22.3. The SMILES string of the molecule is Cc1ccc(S(=O)(=O)Nc2ccc(Cl)c(C(=O)Nc3cccc([N+](=O)[O-])c3C)c2)cc1. The van der Waals surface area contributed by atoms with Crippen molar-refractivity contribution >= 4 is 44.6 Å². The molecule has 3 rings (SSSR count). The monoisotopic (exact) mass is 459 g/mol. The highest BCUT2D eigenvalue weighted by Crippen LogP contribution is 2.28. The van der Waals surface area contributed by atoms with Gasteiger partial charge < -0.3 is 5.32 Å². The minimum atomic E-state index is -3.87. The van der Waals surface area contributed by atoms with Gasteiger partial charge >= 0.3 is 0 Å². The molecular formula is C21H18ClN3O5S. The largest absolute Gasteiger partial charge is 0.321 e. The summed E-state index contributed by atoms with van der Waals surface area (Å²) in [5.74, 6) is -0.634. The highest BCUT2D eigenvalue weighted by atomic mass is 35.5. The smallest absolute Gasteiger partial charge is 0.274 e. The third kappa shape index (κ3) is 5.01. The lowest BCUT2D eigenvalue weighted by Crippen LogP contribution is -2.16. The fraction of sp³-hybridized carbons (Fsp3) is 0.0952. The predicted octanol–water partition coefficient (Wildman–Crippen LogP) is 4.92. The molecule has 0 heterocycles. The van der Waals surface area contributed by atoms with E-state index in [9.17, 15) is 23.3 Å². The predicted molar refractivity (Wildman–Crippen MR) is 119 cm³/mol. The molecule has 0 fully saturated rings. The lowest BCUT2D eigenvalue weighted by atomic mass is 10.1. The summed E-state index contributed by atoms with van der Waals surface area (Å²) < 4.78 is 27.6. The maximum absolute atomic E-state index is 12.8. The molecule has 0 aromatic heterocycles. The van der Waals surface area contributed by atoms with Gasteiger partial charge in [-0.15, -0.1) is 0 Å². The van der Waals surface area contributed by atoms with Crippen LogP contribution in [-0.2, 0) is 10.0 Å². The third-order valence-corrected chi connectivity index (χ3v) is 6.27. The fourth-order valence-electron chi connectivity index (χ4n) is 2.84. The quantitative estimate of drug-likeness (QED) is 0.400. The number of nitrogens with zero attached hydrogens (tertiary/aromatic N) is 1. The van der Waals surface area contributed by atoms with E-state index in [0.29, 0.717) is 0 Å². The minimum Gasteiger partial charge on any atom is -0.321 e. The van der Waals surface area contributed by atoms with Gasteiger partial charge in [0.1, 0.15) is 0 Å². The lowest BCUT2D eigenvalue weighted by Gasteiger charge is -2.12. The number of aryl methyl sites for hydroxylation is 1. The molecule has 31 heavy (non-hydrogen) atoms. The number of benzene rings is 3. The van der Waals surface area contributed by atoms with E-state index in [2.05, 4.69) is 10.0 Å². The van der Waals surface area contributed by atoms with Crippen LogP contribution in [0, 0.1) is 24.0 Å². The maximum Gasteiger partial charge on any atom is 0.274 e. The Morgan fingerprint density at radius 1 is 1.03 bits per heavy atom. The van der Waals surface area contributed by atoms with Crippen molar-refractivity contribution in [2.24, 2.45) is 0 Å². The summed E-state index contributed by atoms with van der Waals surface area (Å²) in [7, 11) is -3.87. The molecule has 8 nitrogen and oxygen atoms in total. The molecule has 0 saturated heterocycles. The van der Waals surface area contributed by atoms with E-state index in [-0.39, 0.29) is 38.1 Å². The van der Waals surface area contributed by atoms with Crippen molar-refractivity contribution in [2.75, 3.05) is 10.0 Å². The summed E-state index contributed by atoms with van der Waals surface area (Å²) in [4.78, 5) is 23.4. The van der Waals surface area contributed by atoms with Crippen molar-refractivity contribution in [1.29, 1.82) is 0 Å². The van der Waals surface area contributed by atoms with Crippen molar-refractivity contribution in [3.8, 4) is 0 Å². The van der Waals surface area contributed by atoms with E-state index >= 15 is 0 Å². The van der Waals surface area contributed by atoms with Crippen LogP contribution in [0.25, 0.3) is 0 Å². The molecule has 0 aliphatic carbocycles. The molecule has 2 N–H and O–H groups in total. The number of rotatable bonds is 6. The third-order valence-electron chi connectivity index (χ3n) is 4.54. The topological polar surface area (TPSA) is 118 Å². The Morgan fingerprint density at radius 2 is 1.71 bits per heavy atom. The summed E-state index contributed by atoms with van der Waals surface area (Å²) in [6, 6.07) is 14.8. The zero-order chi connectivity index (χ0) is 22.8. The van der Waals surface area contributed by atoms with Crippen molar-refractivity contribution in [3.05, 3.63) is 92.5 Å². The van der Waals surface area contributed by atoms with Crippen LogP contribution in [-0.4, -0.2) is 19.2 Å². The number of carbonyl (C=O) groups is 1. The van der Waals surface area contributed by atoms with Gasteiger partial charge in [0.2, 0.25) is 0 Å². The Kier molecular flexibility index (Phi) is 6.28. The number of halogens is 1. The maximum atomic E-state index is 12.8. The van der Waals surface area contributed by atoms with Gasteiger partial charge in [-0.05, 0) is 50.2 Å². The Balaban J connectivity index is 1.87. The standard InChI is InChI=1S/C21H18ClN3O5S/c1-13-6-9-16(10-7-13)31(29,30)24-15-8-11-18(22)17(12-15)21(26)23-19-4-3-5-20(14(19)2)25(27)28/h3-12,24H,1-2H3,(H,23,26). The molecule has 0 spiro atoms. The number of carbonyl (C=O) groups excluding carboxylic acids is 1. The number of hydrogen-bond donors (Lipinski definition) is 2. The minimum absolute atomic E-state index is 0.0108. The average Bonchev–Trinajstić information content (AvgIpc) is 2.70. The van der Waals surface area contributed by atoms with Gasteiger partial charge in [0.25, 0.3) is 21.6 Å². The van der Waals surface area contributed by atoms with E-state index < -0.39 is 20.9 Å². The van der Waals surface area contributed by atoms with Gasteiger partial charge in [0.15, 0.2) is 0 Å². The van der Waals surface area contributed by atoms with Crippen LogP contribution in [0.4, 0.5) is 17.1 Å². The van der Waals surface area contributed by atoms with Crippen LogP contribution in [0.5, 0.6) is 0 Å². The second kappa shape index (κ2) is 8.75. The van der Waals surface area contributed by atoms with Crippen LogP contribution < -0.4 is 10.0 Å². The highest BCUT2D eigenvalue weighted by molar-refractivity contribution is 7.92. The molecule has 3 aromatic carbocycles. The first-order valence-corrected chi connectivity index (χ1v) is 10.9. The number of hydrogen-bond acceptors (Lipinski definition) is 5. The van der Waals surface area contributed by atoms with Crippen LogP contribution >= 0.6 is 11.6 Å². The number of nitro benzene ring substituents is 1. The molecule has 0 radical (unpaired) electrons. The lowest BCUT2D eigenvalue weighted by molar-refractivity contribution is -0.385. The van der Waals surface area contributed by atoms with E-state index in [4.69, 9.17) is 11.6 Å². The number of nitro groups is 1. The molecule has 0 aliphatic heterocycles. The van der Waals surface area contributed by atoms with Crippen molar-refractivity contribution < 1.29 is 18.1 Å². The van der Waals surface area contributed by atoms with E-state index in [0.717, 1.165) is 5.56 Å². The Labute approximate surface area is 184 Å². The fourth-order valence-corrected chi connectivity index (χ4v) is 4.09. The molecule has 0 bridgehead atoms. The van der Waals surface area contributed by atoms with Gasteiger partial charge in [-0.3, -0.25) is 19.6 Å². The normalized spacial score (nSPS) is 11.1. The summed E-state index contributed by atoms with van der Waals surface area (Å²) in [6.07, 6.45) is 0. The summed E-state index contributed by atoms with van der Waals surface area (Å²) in [6.45, 7) is 3.36. The van der Waals surface area contributed by atoms with Gasteiger partial charge in [0.05, 0.1) is 31.7 Å². The average molecular weight is 460 g/mol. The molecule has 3 aromatic rings. The van der Waals surface area contributed by atoms with Crippen molar-refractivity contribution in [2.45, 2.75) is 18.7 Å². The van der Waals surface area contributed by atoms with E-state index in [1.807, 2.05) is 6.92 Å². The second-order valence-corrected chi connectivity index (χ2v) is 8.86. The van der Waals surface area contributed by atoms with Gasteiger partial charge in [-0.25, -0.2) is 8.42 Å². The first-order chi connectivity index (χ1) is 14.6. The number of anilines is 2. The number of sulfonamides is 1. The van der Waals surface area contributed by atoms with E-state index in [1.165, 1.54) is 55.5 Å². The van der Waals surface area contributed by atoms with Crippen LogP contribution in [0.3, 0.4) is 0 Å². The molecule has 0 aliphatic rings. The van der Waals surface area contributed by atoms with E-state index in [1.54, 1.807) is 12.1 Å². The second-order valence-electron chi connectivity index (χ2n) is 6.77. The molecule has 10 heteroatoms. The van der Waals surface area contributed by atoms with Crippen LogP contribution in [0.2, 0.25) is 5.02 Å². The van der Waals surface area contributed by atoms with Gasteiger partial charge in [0, 0.05) is 11.8 Å². The zero-order valence-electron chi connectivity index (χ0n) is 16.5. The number of amides is 1. The van der Waals surface area contributed by atoms with Gasteiger partial charge in [-0.2, -0.15) is 0 Å². The first-order valence-electron chi connectivity index (χ1n) is 9.03. The molecule has 0 atom stereocenters. The zero-order valence-corrected chi connectivity index (χ0v) is 18.1. The summed E-state index contributed by atoms with van der Waals surface area (Å²) in [5, 5.41) is 13.8.